The molecule has 0 aliphatic carbocycles. The molecule has 2 aliphatic heterocycles. The summed E-state index contributed by atoms with van der Waals surface area (Å²) in [4.78, 5) is 16.6. The highest BCUT2D eigenvalue weighted by Gasteiger charge is 2.19. The molecule has 0 spiro atoms. The Morgan fingerprint density at radius 3 is 2.92 bits per heavy atom. The number of hydrogen-bond donors (Lipinski definition) is 0. The molecule has 3 rings (SSSR count). The van der Waals surface area contributed by atoms with Gasteiger partial charge in [0.1, 0.15) is 0 Å². The van der Waals surface area contributed by atoms with Crippen molar-refractivity contribution in [2.24, 2.45) is 0 Å². The highest BCUT2D eigenvalue weighted by Crippen LogP contribution is 2.15. The van der Waals surface area contributed by atoms with E-state index in [0.29, 0.717) is 19.6 Å². The molecule has 0 radical (unpaired) electrons. The first-order chi connectivity index (χ1) is 11.8. The van der Waals surface area contributed by atoms with E-state index >= 15 is 0 Å². The van der Waals surface area contributed by atoms with Gasteiger partial charge in [0, 0.05) is 52.1 Å². The average molecular weight is 332 g/mol. The monoisotopic (exact) mass is 332 g/mol. The summed E-state index contributed by atoms with van der Waals surface area (Å²) < 4.78 is 7.43. The summed E-state index contributed by atoms with van der Waals surface area (Å²) in [5, 5.41) is 4.72. The van der Waals surface area contributed by atoms with Gasteiger partial charge in [-0.1, -0.05) is 12.2 Å². The Hall–Kier alpha value is -1.66. The van der Waals surface area contributed by atoms with Gasteiger partial charge in [0.25, 0.3) is 0 Å². The maximum atomic E-state index is 12.3. The van der Waals surface area contributed by atoms with Crippen LogP contribution in [0.25, 0.3) is 0 Å². The molecular formula is C18H28N4O2. The largest absolute Gasteiger partial charge is 0.378 e. The van der Waals surface area contributed by atoms with Crippen LogP contribution in [0.5, 0.6) is 0 Å². The predicted molar refractivity (Wildman–Crippen MR) is 92.7 cm³/mol. The van der Waals surface area contributed by atoms with Crippen LogP contribution in [0.4, 0.5) is 0 Å². The van der Waals surface area contributed by atoms with Gasteiger partial charge in [-0.25, -0.2) is 0 Å². The van der Waals surface area contributed by atoms with Gasteiger partial charge in [-0.2, -0.15) is 5.10 Å². The van der Waals surface area contributed by atoms with Gasteiger partial charge in [-0.05, 0) is 19.4 Å². The molecule has 0 atom stereocenters. The molecule has 6 nitrogen and oxygen atoms in total. The van der Waals surface area contributed by atoms with E-state index in [4.69, 9.17) is 9.84 Å². The summed E-state index contributed by atoms with van der Waals surface area (Å²) in [6, 6.07) is 2.18. The highest BCUT2D eigenvalue weighted by molar-refractivity contribution is 5.76. The van der Waals surface area contributed by atoms with Crippen molar-refractivity contribution >= 4 is 5.91 Å². The molecule has 0 saturated carbocycles. The van der Waals surface area contributed by atoms with Crippen LogP contribution in [-0.2, 0) is 29.0 Å². The van der Waals surface area contributed by atoms with Crippen molar-refractivity contribution in [3.05, 3.63) is 29.6 Å². The van der Waals surface area contributed by atoms with Crippen LogP contribution in [0, 0.1) is 0 Å². The lowest BCUT2D eigenvalue weighted by molar-refractivity contribution is -0.135. The Morgan fingerprint density at radius 2 is 2.12 bits per heavy atom. The topological polar surface area (TPSA) is 50.6 Å². The number of aryl methyl sites for hydroxylation is 2. The van der Waals surface area contributed by atoms with E-state index in [1.807, 2.05) is 4.90 Å². The van der Waals surface area contributed by atoms with Crippen LogP contribution in [-0.4, -0.2) is 64.9 Å². The van der Waals surface area contributed by atoms with Crippen molar-refractivity contribution in [3.63, 3.8) is 0 Å². The molecule has 1 fully saturated rings. The molecule has 0 N–H and O–H groups in total. The number of amides is 1. The maximum Gasteiger partial charge on any atom is 0.223 e. The fourth-order valence-corrected chi connectivity index (χ4v) is 3.33. The number of rotatable bonds is 5. The van der Waals surface area contributed by atoms with Crippen molar-refractivity contribution in [1.82, 2.24) is 19.6 Å². The fraction of sp³-hybridized carbons (Fsp3) is 0.667. The van der Waals surface area contributed by atoms with Crippen LogP contribution in [0.3, 0.4) is 0 Å². The first kappa shape index (κ1) is 17.2. The van der Waals surface area contributed by atoms with Gasteiger partial charge in [-0.3, -0.25) is 14.4 Å². The highest BCUT2D eigenvalue weighted by atomic mass is 16.5. The molecule has 1 amide bonds. The number of ether oxygens (including phenoxy) is 1. The van der Waals surface area contributed by atoms with Crippen LogP contribution < -0.4 is 0 Å². The molecule has 6 heteroatoms. The van der Waals surface area contributed by atoms with Crippen LogP contribution >= 0.6 is 0 Å². The molecule has 3 heterocycles. The summed E-state index contributed by atoms with van der Waals surface area (Å²) in [5.74, 6) is 0.219. The van der Waals surface area contributed by atoms with Gasteiger partial charge in [0.15, 0.2) is 0 Å². The van der Waals surface area contributed by atoms with Gasteiger partial charge < -0.3 is 9.64 Å². The third-order valence-corrected chi connectivity index (χ3v) is 4.70. The number of carbonyl (C=O) groups excluding carboxylic acids is 1. The molecule has 0 bridgehead atoms. The minimum Gasteiger partial charge on any atom is -0.378 e. The number of morpholine rings is 1. The van der Waals surface area contributed by atoms with E-state index in [0.717, 1.165) is 57.8 Å². The van der Waals surface area contributed by atoms with E-state index in [-0.39, 0.29) is 5.91 Å². The van der Waals surface area contributed by atoms with Gasteiger partial charge in [-0.15, -0.1) is 0 Å². The lowest BCUT2D eigenvalue weighted by atomic mass is 10.2. The smallest absolute Gasteiger partial charge is 0.223 e. The molecule has 1 aromatic heterocycles. The quantitative estimate of drug-likeness (QED) is 0.766. The first-order valence-corrected chi connectivity index (χ1v) is 9.01. The normalized spacial score (nSPS) is 19.5. The van der Waals surface area contributed by atoms with Crippen LogP contribution in [0.2, 0.25) is 0 Å². The summed E-state index contributed by atoms with van der Waals surface area (Å²) in [7, 11) is 0. The summed E-state index contributed by atoms with van der Waals surface area (Å²) in [5.41, 5.74) is 2.31. The van der Waals surface area contributed by atoms with E-state index in [2.05, 4.69) is 34.7 Å². The second-order valence-electron chi connectivity index (χ2n) is 6.50. The number of aromatic nitrogens is 2. The number of allylic oxidation sites excluding steroid dienone is 1. The minimum atomic E-state index is 0.219. The SMILES string of the molecule is CC=CCN1CCCn2nc(CCC(=O)N3CCOCC3)cc2C1. The van der Waals surface area contributed by atoms with Crippen LogP contribution in [0.15, 0.2) is 18.2 Å². The number of nitrogens with zero attached hydrogens (tertiary/aromatic N) is 4. The number of fused-ring (bicyclic) bond motifs is 1. The Balaban J connectivity index is 1.55. The Kier molecular flexibility index (Phi) is 6.04. The third-order valence-electron chi connectivity index (χ3n) is 4.70. The number of carbonyl (C=O) groups is 1. The molecule has 1 aromatic rings. The zero-order chi connectivity index (χ0) is 16.8. The van der Waals surface area contributed by atoms with Crippen molar-refractivity contribution in [2.75, 3.05) is 39.4 Å². The molecule has 2 aliphatic rings. The fourth-order valence-electron chi connectivity index (χ4n) is 3.33. The molecular weight excluding hydrogens is 304 g/mol. The van der Waals surface area contributed by atoms with E-state index in [9.17, 15) is 4.79 Å². The molecule has 0 aromatic carbocycles. The zero-order valence-corrected chi connectivity index (χ0v) is 14.6. The van der Waals surface area contributed by atoms with Crippen LogP contribution in [0.1, 0.15) is 31.2 Å². The predicted octanol–water partition coefficient (Wildman–Crippen LogP) is 1.46. The van der Waals surface area contributed by atoms with Gasteiger partial charge >= 0.3 is 0 Å². The lowest BCUT2D eigenvalue weighted by Crippen LogP contribution is -2.40. The van der Waals surface area contributed by atoms with Crippen molar-refractivity contribution in [2.45, 2.75) is 39.3 Å². The summed E-state index contributed by atoms with van der Waals surface area (Å²) >= 11 is 0. The van der Waals surface area contributed by atoms with E-state index in [1.54, 1.807) is 0 Å². The molecule has 132 valence electrons. The van der Waals surface area contributed by atoms with Crippen molar-refractivity contribution < 1.29 is 9.53 Å². The van der Waals surface area contributed by atoms with Crippen molar-refractivity contribution in [1.29, 1.82) is 0 Å². The summed E-state index contributed by atoms with van der Waals surface area (Å²) in [6.45, 7) is 8.83. The standard InChI is InChI=1S/C18H28N4O2/c1-2-3-7-20-8-4-9-22-17(15-20)14-16(19-22)5-6-18(23)21-10-12-24-13-11-21/h2-3,14H,4-13,15H2,1H3. The Morgan fingerprint density at radius 1 is 1.29 bits per heavy atom. The van der Waals surface area contributed by atoms with Gasteiger partial charge in [0.05, 0.1) is 24.6 Å². The van der Waals surface area contributed by atoms with E-state index < -0.39 is 0 Å². The third kappa shape index (κ3) is 4.45. The lowest BCUT2D eigenvalue weighted by Gasteiger charge is -2.26. The molecule has 0 unspecified atom stereocenters. The Labute approximate surface area is 144 Å². The Bertz CT molecular complexity index is 576. The minimum absolute atomic E-state index is 0.219. The second-order valence-corrected chi connectivity index (χ2v) is 6.50. The average Bonchev–Trinajstić information content (AvgIpc) is 2.90. The second kappa shape index (κ2) is 8.44. The van der Waals surface area contributed by atoms with Gasteiger partial charge in [0.2, 0.25) is 5.91 Å². The summed E-state index contributed by atoms with van der Waals surface area (Å²) in [6.07, 6.45) is 6.70. The number of hydrogen-bond acceptors (Lipinski definition) is 4. The zero-order valence-electron chi connectivity index (χ0n) is 14.6. The van der Waals surface area contributed by atoms with Crippen molar-refractivity contribution in [3.8, 4) is 0 Å². The first-order valence-electron chi connectivity index (χ1n) is 9.01. The maximum absolute atomic E-state index is 12.3. The molecule has 1 saturated heterocycles. The van der Waals surface area contributed by atoms with E-state index in [1.165, 1.54) is 5.69 Å². The molecule has 24 heavy (non-hydrogen) atoms.